The van der Waals surface area contributed by atoms with Gasteiger partial charge in [0.25, 0.3) is 0 Å². The molecule has 1 N–H and O–H groups in total. The summed E-state index contributed by atoms with van der Waals surface area (Å²) in [6.07, 6.45) is 0. The van der Waals surface area contributed by atoms with Gasteiger partial charge in [-0.1, -0.05) is 39.7 Å². The first-order chi connectivity index (χ1) is 10.1. The molecule has 2 nitrogen and oxygen atoms in total. The number of nitrogens with one attached hydrogen (secondary N) is 1. The largest absolute Gasteiger partial charge is 0.494 e. The summed E-state index contributed by atoms with van der Waals surface area (Å²) in [5.74, 6) is 0.888. The molecular weight excluding hydrogens is 350 g/mol. The summed E-state index contributed by atoms with van der Waals surface area (Å²) in [6.45, 7) is 4.67. The van der Waals surface area contributed by atoms with Gasteiger partial charge in [-0.25, -0.2) is 0 Å². The standard InChI is InChI=1S/C17H19BrClNO/c1-4-21-16-9-8-12(18)10-14(16)17(20-3)13-6-5-7-15(19)11(13)2/h5-10,17,20H,4H2,1-3H3. The van der Waals surface area contributed by atoms with Crippen molar-refractivity contribution in [1.29, 1.82) is 0 Å². The lowest BCUT2D eigenvalue weighted by Crippen LogP contribution is -2.20. The van der Waals surface area contributed by atoms with E-state index in [4.69, 9.17) is 16.3 Å². The SMILES string of the molecule is CCOc1ccc(Br)cc1C(NC)c1cccc(Cl)c1C. The van der Waals surface area contributed by atoms with Crippen LogP contribution in [0.25, 0.3) is 0 Å². The molecule has 4 heteroatoms. The second-order valence-electron chi connectivity index (χ2n) is 4.79. The normalized spacial score (nSPS) is 12.2. The van der Waals surface area contributed by atoms with Gasteiger partial charge in [-0.3, -0.25) is 0 Å². The van der Waals surface area contributed by atoms with E-state index in [1.165, 1.54) is 0 Å². The van der Waals surface area contributed by atoms with Crippen LogP contribution in [0.3, 0.4) is 0 Å². The van der Waals surface area contributed by atoms with E-state index in [9.17, 15) is 0 Å². The van der Waals surface area contributed by atoms with Crippen LogP contribution in [0, 0.1) is 6.92 Å². The quantitative estimate of drug-likeness (QED) is 0.791. The van der Waals surface area contributed by atoms with E-state index >= 15 is 0 Å². The molecule has 0 bridgehead atoms. The summed E-state index contributed by atoms with van der Waals surface area (Å²) in [6, 6.07) is 12.1. The molecule has 0 saturated carbocycles. The van der Waals surface area contributed by atoms with E-state index in [0.29, 0.717) is 6.61 Å². The third kappa shape index (κ3) is 3.60. The van der Waals surface area contributed by atoms with Crippen LogP contribution in [0.15, 0.2) is 40.9 Å². The number of ether oxygens (including phenoxy) is 1. The van der Waals surface area contributed by atoms with Gasteiger partial charge in [0.1, 0.15) is 5.75 Å². The average Bonchev–Trinajstić information content (AvgIpc) is 2.47. The minimum absolute atomic E-state index is 0.0303. The summed E-state index contributed by atoms with van der Waals surface area (Å²) in [5.41, 5.74) is 3.34. The molecule has 0 heterocycles. The van der Waals surface area contributed by atoms with Crippen LogP contribution in [0.2, 0.25) is 5.02 Å². The number of hydrogen-bond donors (Lipinski definition) is 1. The van der Waals surface area contributed by atoms with Crippen LogP contribution in [-0.2, 0) is 0 Å². The minimum atomic E-state index is 0.0303. The lowest BCUT2D eigenvalue weighted by atomic mass is 9.94. The lowest BCUT2D eigenvalue weighted by molar-refractivity contribution is 0.334. The maximum Gasteiger partial charge on any atom is 0.124 e. The molecule has 21 heavy (non-hydrogen) atoms. The van der Waals surface area contributed by atoms with E-state index in [2.05, 4.69) is 33.4 Å². The Bertz CT molecular complexity index is 630. The molecule has 2 aromatic rings. The van der Waals surface area contributed by atoms with Gasteiger partial charge < -0.3 is 10.1 Å². The fourth-order valence-corrected chi connectivity index (χ4v) is 3.01. The Morgan fingerprint density at radius 2 is 2.00 bits per heavy atom. The van der Waals surface area contributed by atoms with Gasteiger partial charge in [0.15, 0.2) is 0 Å². The number of hydrogen-bond acceptors (Lipinski definition) is 2. The Kier molecular flexibility index (Phi) is 5.68. The zero-order valence-corrected chi connectivity index (χ0v) is 14.8. The summed E-state index contributed by atoms with van der Waals surface area (Å²) < 4.78 is 6.80. The first-order valence-electron chi connectivity index (χ1n) is 6.93. The third-order valence-electron chi connectivity index (χ3n) is 3.49. The molecule has 0 aliphatic heterocycles. The molecule has 112 valence electrons. The molecule has 0 amide bonds. The predicted molar refractivity (Wildman–Crippen MR) is 92.4 cm³/mol. The van der Waals surface area contributed by atoms with Crippen molar-refractivity contribution in [1.82, 2.24) is 5.32 Å². The maximum atomic E-state index is 6.27. The van der Waals surface area contributed by atoms with Crippen molar-refractivity contribution in [3.8, 4) is 5.75 Å². The summed E-state index contributed by atoms with van der Waals surface area (Å²) in [7, 11) is 1.95. The second-order valence-corrected chi connectivity index (χ2v) is 6.11. The van der Waals surface area contributed by atoms with E-state index in [1.807, 2.05) is 45.2 Å². The molecule has 0 aliphatic rings. The van der Waals surface area contributed by atoms with Crippen molar-refractivity contribution < 1.29 is 4.74 Å². The van der Waals surface area contributed by atoms with Crippen LogP contribution < -0.4 is 10.1 Å². The van der Waals surface area contributed by atoms with Crippen molar-refractivity contribution in [2.24, 2.45) is 0 Å². The lowest BCUT2D eigenvalue weighted by Gasteiger charge is -2.23. The average molecular weight is 369 g/mol. The molecule has 0 spiro atoms. The molecular formula is C17H19BrClNO. The van der Waals surface area contributed by atoms with E-state index in [0.717, 1.165) is 31.9 Å². The molecule has 0 radical (unpaired) electrons. The highest BCUT2D eigenvalue weighted by molar-refractivity contribution is 9.10. The van der Waals surface area contributed by atoms with Crippen LogP contribution >= 0.6 is 27.5 Å². The third-order valence-corrected chi connectivity index (χ3v) is 4.39. The number of rotatable bonds is 5. The number of benzene rings is 2. The topological polar surface area (TPSA) is 21.3 Å². The molecule has 1 unspecified atom stereocenters. The number of halogens is 2. The Morgan fingerprint density at radius 1 is 1.24 bits per heavy atom. The molecule has 2 aromatic carbocycles. The minimum Gasteiger partial charge on any atom is -0.494 e. The van der Waals surface area contributed by atoms with Crippen LogP contribution in [0.1, 0.15) is 29.7 Å². The van der Waals surface area contributed by atoms with E-state index in [-0.39, 0.29) is 6.04 Å². The van der Waals surface area contributed by atoms with Gasteiger partial charge in [-0.2, -0.15) is 0 Å². The molecule has 0 fully saturated rings. The second kappa shape index (κ2) is 7.30. The first kappa shape index (κ1) is 16.3. The van der Waals surface area contributed by atoms with Gasteiger partial charge in [0, 0.05) is 15.1 Å². The van der Waals surface area contributed by atoms with Gasteiger partial charge in [-0.15, -0.1) is 0 Å². The van der Waals surface area contributed by atoms with Crippen molar-refractivity contribution >= 4 is 27.5 Å². The van der Waals surface area contributed by atoms with Gasteiger partial charge in [0.2, 0.25) is 0 Å². The van der Waals surface area contributed by atoms with Gasteiger partial charge in [0.05, 0.1) is 12.6 Å². The highest BCUT2D eigenvalue weighted by atomic mass is 79.9. The zero-order valence-electron chi connectivity index (χ0n) is 12.4. The fraction of sp³-hybridized carbons (Fsp3) is 0.294. The highest BCUT2D eigenvalue weighted by Gasteiger charge is 2.19. The van der Waals surface area contributed by atoms with E-state index < -0.39 is 0 Å². The van der Waals surface area contributed by atoms with E-state index in [1.54, 1.807) is 0 Å². The Hall–Kier alpha value is -1.03. The van der Waals surface area contributed by atoms with Gasteiger partial charge >= 0.3 is 0 Å². The maximum absolute atomic E-state index is 6.27. The van der Waals surface area contributed by atoms with Crippen LogP contribution in [-0.4, -0.2) is 13.7 Å². The van der Waals surface area contributed by atoms with Gasteiger partial charge in [-0.05, 0) is 56.3 Å². The molecule has 0 saturated heterocycles. The predicted octanol–water partition coefficient (Wildman–Crippen LogP) is 5.12. The smallest absolute Gasteiger partial charge is 0.124 e. The van der Waals surface area contributed by atoms with Crippen LogP contribution in [0.4, 0.5) is 0 Å². The Labute approximate surface area is 139 Å². The zero-order chi connectivity index (χ0) is 15.4. The van der Waals surface area contributed by atoms with Crippen molar-refractivity contribution in [2.75, 3.05) is 13.7 Å². The Balaban J connectivity index is 2.55. The first-order valence-corrected chi connectivity index (χ1v) is 8.10. The molecule has 0 aromatic heterocycles. The monoisotopic (exact) mass is 367 g/mol. The molecule has 2 rings (SSSR count). The fourth-order valence-electron chi connectivity index (χ4n) is 2.45. The van der Waals surface area contributed by atoms with Crippen LogP contribution in [0.5, 0.6) is 5.75 Å². The van der Waals surface area contributed by atoms with Crippen molar-refractivity contribution in [3.63, 3.8) is 0 Å². The summed E-state index contributed by atoms with van der Waals surface area (Å²) in [5, 5.41) is 4.15. The van der Waals surface area contributed by atoms with Crippen molar-refractivity contribution in [3.05, 3.63) is 62.6 Å². The highest BCUT2D eigenvalue weighted by Crippen LogP contribution is 2.35. The Morgan fingerprint density at radius 3 is 2.67 bits per heavy atom. The molecule has 0 aliphatic carbocycles. The summed E-state index contributed by atoms with van der Waals surface area (Å²) in [4.78, 5) is 0. The summed E-state index contributed by atoms with van der Waals surface area (Å²) >= 11 is 9.81. The molecule has 1 atom stereocenters. The van der Waals surface area contributed by atoms with Crippen molar-refractivity contribution in [2.45, 2.75) is 19.9 Å².